The summed E-state index contributed by atoms with van der Waals surface area (Å²) in [5, 5.41) is 0.685. The monoisotopic (exact) mass is 284 g/mol. The van der Waals surface area contributed by atoms with E-state index in [0.717, 1.165) is 11.1 Å². The molecule has 1 aromatic carbocycles. The van der Waals surface area contributed by atoms with Crippen LogP contribution in [0.25, 0.3) is 0 Å². The van der Waals surface area contributed by atoms with Crippen molar-refractivity contribution in [2.24, 2.45) is 0 Å². The highest BCUT2D eigenvalue weighted by molar-refractivity contribution is 6.32. The fraction of sp³-hybridized carbons (Fsp3) is 0.429. The van der Waals surface area contributed by atoms with Crippen LogP contribution >= 0.6 is 11.6 Å². The first-order valence-corrected chi connectivity index (χ1v) is 6.38. The zero-order valence-corrected chi connectivity index (χ0v) is 12.0. The number of carbonyl (C=O) groups is 2. The average molecular weight is 285 g/mol. The van der Waals surface area contributed by atoms with Gasteiger partial charge in [0.05, 0.1) is 6.61 Å². The van der Waals surface area contributed by atoms with E-state index in [1.165, 1.54) is 0 Å². The summed E-state index contributed by atoms with van der Waals surface area (Å²) in [6, 6.07) is 3.51. The van der Waals surface area contributed by atoms with Gasteiger partial charge in [0.1, 0.15) is 18.8 Å². The number of esters is 1. The summed E-state index contributed by atoms with van der Waals surface area (Å²) in [5.74, 6) is -0.278. The van der Waals surface area contributed by atoms with Crippen LogP contribution in [0.3, 0.4) is 0 Å². The van der Waals surface area contributed by atoms with E-state index in [1.807, 2.05) is 13.8 Å². The lowest BCUT2D eigenvalue weighted by molar-refractivity contribution is -0.145. The first-order valence-electron chi connectivity index (χ1n) is 6.01. The van der Waals surface area contributed by atoms with Crippen LogP contribution in [0.15, 0.2) is 12.1 Å². The molecule has 4 nitrogen and oxygen atoms in total. The molecule has 19 heavy (non-hydrogen) atoms. The van der Waals surface area contributed by atoms with Crippen molar-refractivity contribution in [3.63, 3.8) is 0 Å². The number of benzene rings is 1. The Bertz CT molecular complexity index is 459. The van der Waals surface area contributed by atoms with Crippen molar-refractivity contribution >= 4 is 23.4 Å². The van der Waals surface area contributed by atoms with E-state index in [2.05, 4.69) is 4.74 Å². The Morgan fingerprint density at radius 3 is 2.32 bits per heavy atom. The molecule has 0 atom stereocenters. The van der Waals surface area contributed by atoms with Gasteiger partial charge in [-0.25, -0.2) is 0 Å². The molecule has 0 N–H and O–H groups in total. The molecule has 5 heteroatoms. The number of carbonyl (C=O) groups excluding carboxylic acids is 2. The Labute approximate surface area is 117 Å². The summed E-state index contributed by atoms with van der Waals surface area (Å²) < 4.78 is 10.0. The van der Waals surface area contributed by atoms with Gasteiger partial charge in [-0.05, 0) is 44.0 Å². The number of halogens is 1. The second-order valence-electron chi connectivity index (χ2n) is 4.18. The SMILES string of the molecule is CCOC(=O)CC(=O)COc1cc(C)c(Cl)c(C)c1. The lowest BCUT2D eigenvalue weighted by Gasteiger charge is -2.09. The van der Waals surface area contributed by atoms with Gasteiger partial charge >= 0.3 is 5.97 Å². The quantitative estimate of drug-likeness (QED) is 0.595. The van der Waals surface area contributed by atoms with Gasteiger partial charge in [-0.3, -0.25) is 9.59 Å². The van der Waals surface area contributed by atoms with Gasteiger partial charge < -0.3 is 9.47 Å². The van der Waals surface area contributed by atoms with Crippen molar-refractivity contribution in [3.05, 3.63) is 28.3 Å². The number of hydrogen-bond donors (Lipinski definition) is 0. The second-order valence-corrected chi connectivity index (χ2v) is 4.56. The maximum Gasteiger partial charge on any atom is 0.313 e. The maximum absolute atomic E-state index is 11.5. The first-order chi connectivity index (χ1) is 8.93. The number of ether oxygens (including phenoxy) is 2. The molecule has 0 bridgehead atoms. The van der Waals surface area contributed by atoms with Gasteiger partial charge in [-0.2, -0.15) is 0 Å². The van der Waals surface area contributed by atoms with Crippen molar-refractivity contribution in [2.75, 3.05) is 13.2 Å². The lowest BCUT2D eigenvalue weighted by Crippen LogP contribution is -2.17. The number of Topliss-reactive ketones (excluding diaryl/α,β-unsaturated/α-hetero) is 1. The third-order valence-electron chi connectivity index (χ3n) is 2.46. The number of aryl methyl sites for hydroxylation is 2. The zero-order chi connectivity index (χ0) is 14.4. The molecule has 0 aliphatic carbocycles. The average Bonchev–Trinajstić information content (AvgIpc) is 2.33. The standard InChI is InChI=1S/C14H17ClO4/c1-4-18-13(17)7-11(16)8-19-12-5-9(2)14(15)10(3)6-12/h5-6H,4,7-8H2,1-3H3. The maximum atomic E-state index is 11.5. The number of ketones is 1. The summed E-state index contributed by atoms with van der Waals surface area (Å²) in [6.45, 7) is 5.53. The van der Waals surface area contributed by atoms with Crippen molar-refractivity contribution in [1.82, 2.24) is 0 Å². The molecule has 0 radical (unpaired) electrons. The van der Waals surface area contributed by atoms with Crippen molar-refractivity contribution in [2.45, 2.75) is 27.2 Å². The highest BCUT2D eigenvalue weighted by Crippen LogP contribution is 2.25. The van der Waals surface area contributed by atoms with E-state index >= 15 is 0 Å². The van der Waals surface area contributed by atoms with E-state index in [4.69, 9.17) is 16.3 Å². The minimum atomic E-state index is -0.528. The summed E-state index contributed by atoms with van der Waals surface area (Å²) in [7, 11) is 0. The molecular weight excluding hydrogens is 268 g/mol. The fourth-order valence-electron chi connectivity index (χ4n) is 1.58. The molecule has 104 valence electrons. The lowest BCUT2D eigenvalue weighted by atomic mass is 10.1. The molecule has 0 amide bonds. The van der Waals surface area contributed by atoms with Crippen LogP contribution in [-0.2, 0) is 14.3 Å². The Morgan fingerprint density at radius 1 is 1.21 bits per heavy atom. The van der Waals surface area contributed by atoms with Gasteiger partial charge in [0.2, 0.25) is 0 Å². The van der Waals surface area contributed by atoms with E-state index in [-0.39, 0.29) is 25.4 Å². The van der Waals surface area contributed by atoms with Crippen molar-refractivity contribution in [1.29, 1.82) is 0 Å². The molecule has 0 spiro atoms. The smallest absolute Gasteiger partial charge is 0.313 e. The topological polar surface area (TPSA) is 52.6 Å². The summed E-state index contributed by atoms with van der Waals surface area (Å²) in [5.41, 5.74) is 1.77. The summed E-state index contributed by atoms with van der Waals surface area (Å²) >= 11 is 6.03. The molecule has 0 saturated carbocycles. The van der Waals surface area contributed by atoms with Crippen LogP contribution in [0.2, 0.25) is 5.02 Å². The predicted octanol–water partition coefficient (Wildman–Crippen LogP) is 2.86. The molecule has 1 rings (SSSR count). The Kier molecular flexibility index (Phi) is 5.83. The molecule has 0 aliphatic rings. The van der Waals surface area contributed by atoms with Gasteiger partial charge in [-0.15, -0.1) is 0 Å². The van der Waals surface area contributed by atoms with E-state index in [1.54, 1.807) is 19.1 Å². The molecule has 1 aromatic rings. The van der Waals surface area contributed by atoms with E-state index < -0.39 is 5.97 Å². The first kappa shape index (κ1) is 15.5. The highest BCUT2D eigenvalue weighted by atomic mass is 35.5. The molecule has 0 heterocycles. The predicted molar refractivity (Wildman–Crippen MR) is 72.7 cm³/mol. The molecule has 0 saturated heterocycles. The van der Waals surface area contributed by atoms with Crippen LogP contribution in [0.1, 0.15) is 24.5 Å². The van der Waals surface area contributed by atoms with Gasteiger partial charge in [0.15, 0.2) is 5.78 Å². The Balaban J connectivity index is 2.53. The minimum absolute atomic E-state index is 0.153. The molecular formula is C14H17ClO4. The van der Waals surface area contributed by atoms with Crippen LogP contribution in [0, 0.1) is 13.8 Å². The van der Waals surface area contributed by atoms with E-state index in [9.17, 15) is 9.59 Å². The Hall–Kier alpha value is -1.55. The zero-order valence-electron chi connectivity index (χ0n) is 11.3. The molecule has 0 unspecified atom stereocenters. The Morgan fingerprint density at radius 2 is 1.79 bits per heavy atom. The van der Waals surface area contributed by atoms with Crippen molar-refractivity contribution in [3.8, 4) is 5.75 Å². The summed E-state index contributed by atoms with van der Waals surface area (Å²) in [6.07, 6.45) is -0.264. The summed E-state index contributed by atoms with van der Waals surface area (Å²) in [4.78, 5) is 22.6. The van der Waals surface area contributed by atoms with Crippen LogP contribution in [0.4, 0.5) is 0 Å². The largest absolute Gasteiger partial charge is 0.486 e. The van der Waals surface area contributed by atoms with Gasteiger partial charge in [0.25, 0.3) is 0 Å². The van der Waals surface area contributed by atoms with Gasteiger partial charge in [-0.1, -0.05) is 11.6 Å². The number of hydrogen-bond acceptors (Lipinski definition) is 4. The minimum Gasteiger partial charge on any atom is -0.486 e. The number of rotatable bonds is 6. The fourth-order valence-corrected chi connectivity index (χ4v) is 1.69. The molecule has 0 aliphatic heterocycles. The molecule has 0 aromatic heterocycles. The third-order valence-corrected chi connectivity index (χ3v) is 3.05. The normalized spacial score (nSPS) is 10.1. The second kappa shape index (κ2) is 7.14. The third kappa shape index (κ3) is 4.91. The van der Waals surface area contributed by atoms with Crippen molar-refractivity contribution < 1.29 is 19.1 Å². The highest BCUT2D eigenvalue weighted by Gasteiger charge is 2.11. The molecule has 0 fully saturated rings. The van der Waals surface area contributed by atoms with Crippen LogP contribution in [0.5, 0.6) is 5.75 Å². The van der Waals surface area contributed by atoms with E-state index in [0.29, 0.717) is 10.8 Å². The van der Waals surface area contributed by atoms with Crippen LogP contribution < -0.4 is 4.74 Å². The van der Waals surface area contributed by atoms with Crippen LogP contribution in [-0.4, -0.2) is 25.0 Å². The van der Waals surface area contributed by atoms with Gasteiger partial charge in [0, 0.05) is 5.02 Å².